The van der Waals surface area contributed by atoms with E-state index in [4.69, 9.17) is 5.73 Å². The van der Waals surface area contributed by atoms with Gasteiger partial charge in [-0.3, -0.25) is 4.90 Å². The van der Waals surface area contributed by atoms with Crippen LogP contribution in [-0.2, 0) is 6.42 Å². The van der Waals surface area contributed by atoms with Crippen molar-refractivity contribution >= 4 is 0 Å². The van der Waals surface area contributed by atoms with Crippen LogP contribution in [0, 0.1) is 5.82 Å². The fourth-order valence-electron chi connectivity index (χ4n) is 2.59. The average Bonchev–Trinajstić information content (AvgIpc) is 2.38. The molecule has 1 rings (SSSR count). The van der Waals surface area contributed by atoms with Gasteiger partial charge in [0.15, 0.2) is 0 Å². The first-order chi connectivity index (χ1) is 9.05. The highest BCUT2D eigenvalue weighted by Crippen LogP contribution is 2.21. The molecule has 0 fully saturated rings. The number of hydrogen-bond acceptors (Lipinski definition) is 2. The standard InChI is InChI=1S/C16H27FN2/c1-4-9-19(10-5-2)16(3,13-18)12-14-7-6-8-15(17)11-14/h6-8,11H,4-5,9-10,12-13,18H2,1-3H3. The van der Waals surface area contributed by atoms with E-state index in [2.05, 4.69) is 25.7 Å². The molecule has 0 heterocycles. The second-order valence-electron chi connectivity index (χ2n) is 5.49. The Kier molecular flexibility index (Phi) is 6.46. The number of benzene rings is 1. The van der Waals surface area contributed by atoms with Crippen LogP contribution in [0.3, 0.4) is 0 Å². The molecule has 0 spiro atoms. The summed E-state index contributed by atoms with van der Waals surface area (Å²) in [5.41, 5.74) is 6.94. The average molecular weight is 266 g/mol. The van der Waals surface area contributed by atoms with E-state index < -0.39 is 0 Å². The van der Waals surface area contributed by atoms with E-state index in [-0.39, 0.29) is 11.4 Å². The molecule has 2 nitrogen and oxygen atoms in total. The number of hydrogen-bond donors (Lipinski definition) is 1. The first-order valence-electron chi connectivity index (χ1n) is 7.25. The Labute approximate surface area is 116 Å². The van der Waals surface area contributed by atoms with Gasteiger partial charge >= 0.3 is 0 Å². The number of halogens is 1. The topological polar surface area (TPSA) is 29.3 Å². The maximum Gasteiger partial charge on any atom is 0.123 e. The van der Waals surface area contributed by atoms with Crippen LogP contribution in [-0.4, -0.2) is 30.1 Å². The van der Waals surface area contributed by atoms with Gasteiger partial charge in [0, 0.05) is 12.1 Å². The summed E-state index contributed by atoms with van der Waals surface area (Å²) in [6.07, 6.45) is 3.01. The summed E-state index contributed by atoms with van der Waals surface area (Å²) in [6, 6.07) is 6.85. The maximum absolute atomic E-state index is 13.3. The van der Waals surface area contributed by atoms with Gasteiger partial charge in [-0.25, -0.2) is 4.39 Å². The van der Waals surface area contributed by atoms with Crippen molar-refractivity contribution in [1.82, 2.24) is 4.90 Å². The van der Waals surface area contributed by atoms with Crippen molar-refractivity contribution in [3.05, 3.63) is 35.6 Å². The summed E-state index contributed by atoms with van der Waals surface area (Å²) in [6.45, 7) is 9.21. The van der Waals surface area contributed by atoms with Crippen molar-refractivity contribution in [2.24, 2.45) is 5.73 Å². The van der Waals surface area contributed by atoms with Crippen molar-refractivity contribution in [1.29, 1.82) is 0 Å². The van der Waals surface area contributed by atoms with Crippen LogP contribution in [0.4, 0.5) is 4.39 Å². The van der Waals surface area contributed by atoms with Crippen LogP contribution < -0.4 is 5.73 Å². The van der Waals surface area contributed by atoms with Gasteiger partial charge in [-0.1, -0.05) is 26.0 Å². The van der Waals surface area contributed by atoms with E-state index in [0.29, 0.717) is 6.54 Å². The molecular formula is C16H27FN2. The molecule has 0 aromatic heterocycles. The first-order valence-corrected chi connectivity index (χ1v) is 7.25. The number of nitrogens with two attached hydrogens (primary N) is 1. The van der Waals surface area contributed by atoms with Gasteiger partial charge in [0.2, 0.25) is 0 Å². The molecule has 0 bridgehead atoms. The summed E-state index contributed by atoms with van der Waals surface area (Å²) in [4.78, 5) is 2.44. The van der Waals surface area contributed by atoms with Crippen LogP contribution in [0.5, 0.6) is 0 Å². The lowest BCUT2D eigenvalue weighted by Crippen LogP contribution is -2.53. The Morgan fingerprint density at radius 1 is 1.21 bits per heavy atom. The Morgan fingerprint density at radius 3 is 2.32 bits per heavy atom. The molecule has 0 aliphatic heterocycles. The molecule has 3 heteroatoms. The third kappa shape index (κ3) is 4.59. The number of rotatable bonds is 8. The van der Waals surface area contributed by atoms with Crippen molar-refractivity contribution < 1.29 is 4.39 Å². The Balaban J connectivity index is 2.88. The lowest BCUT2D eigenvalue weighted by Gasteiger charge is -2.41. The molecule has 1 atom stereocenters. The molecule has 0 saturated heterocycles. The van der Waals surface area contributed by atoms with E-state index >= 15 is 0 Å². The van der Waals surface area contributed by atoms with Gasteiger partial charge in [0.1, 0.15) is 5.82 Å². The molecule has 1 unspecified atom stereocenters. The molecule has 108 valence electrons. The van der Waals surface area contributed by atoms with Crippen molar-refractivity contribution in [2.75, 3.05) is 19.6 Å². The highest BCUT2D eigenvalue weighted by Gasteiger charge is 2.29. The van der Waals surface area contributed by atoms with E-state index in [1.165, 1.54) is 6.07 Å². The van der Waals surface area contributed by atoms with Gasteiger partial charge in [-0.2, -0.15) is 0 Å². The molecule has 19 heavy (non-hydrogen) atoms. The third-order valence-electron chi connectivity index (χ3n) is 3.66. The lowest BCUT2D eigenvalue weighted by atomic mass is 9.90. The molecular weight excluding hydrogens is 239 g/mol. The molecule has 1 aromatic rings. The maximum atomic E-state index is 13.3. The predicted molar refractivity (Wildman–Crippen MR) is 79.7 cm³/mol. The second-order valence-corrected chi connectivity index (χ2v) is 5.49. The molecule has 0 aliphatic carbocycles. The molecule has 2 N–H and O–H groups in total. The van der Waals surface area contributed by atoms with E-state index in [9.17, 15) is 4.39 Å². The minimum Gasteiger partial charge on any atom is -0.329 e. The minimum atomic E-state index is -0.172. The van der Waals surface area contributed by atoms with E-state index in [1.807, 2.05) is 6.07 Å². The highest BCUT2D eigenvalue weighted by molar-refractivity contribution is 5.19. The molecule has 0 amide bonds. The summed E-state index contributed by atoms with van der Waals surface area (Å²) in [7, 11) is 0. The van der Waals surface area contributed by atoms with Gasteiger partial charge < -0.3 is 5.73 Å². The molecule has 0 saturated carbocycles. The van der Waals surface area contributed by atoms with E-state index in [0.717, 1.165) is 37.9 Å². The molecule has 1 aromatic carbocycles. The normalized spacial score (nSPS) is 14.6. The van der Waals surface area contributed by atoms with E-state index in [1.54, 1.807) is 12.1 Å². The Bertz CT molecular complexity index is 375. The van der Waals surface area contributed by atoms with Crippen LogP contribution in [0.25, 0.3) is 0 Å². The smallest absolute Gasteiger partial charge is 0.123 e. The lowest BCUT2D eigenvalue weighted by molar-refractivity contribution is 0.109. The van der Waals surface area contributed by atoms with Gasteiger partial charge in [-0.15, -0.1) is 0 Å². The summed E-state index contributed by atoms with van der Waals surface area (Å²) < 4.78 is 13.3. The molecule has 0 radical (unpaired) electrons. The summed E-state index contributed by atoms with van der Waals surface area (Å²) in [5, 5.41) is 0. The van der Waals surface area contributed by atoms with Crippen molar-refractivity contribution in [2.45, 2.75) is 45.6 Å². The highest BCUT2D eigenvalue weighted by atomic mass is 19.1. The Hall–Kier alpha value is -0.930. The van der Waals surface area contributed by atoms with Crippen molar-refractivity contribution in [3.8, 4) is 0 Å². The zero-order chi connectivity index (χ0) is 14.3. The predicted octanol–water partition coefficient (Wildman–Crippen LogP) is 3.21. The van der Waals surface area contributed by atoms with Gasteiger partial charge in [0.25, 0.3) is 0 Å². The molecule has 0 aliphatic rings. The SMILES string of the molecule is CCCN(CCC)C(C)(CN)Cc1cccc(F)c1. The van der Waals surface area contributed by atoms with Crippen LogP contribution in [0.15, 0.2) is 24.3 Å². The third-order valence-corrected chi connectivity index (χ3v) is 3.66. The van der Waals surface area contributed by atoms with Crippen molar-refractivity contribution in [3.63, 3.8) is 0 Å². The largest absolute Gasteiger partial charge is 0.329 e. The summed E-state index contributed by atoms with van der Waals surface area (Å²) in [5.74, 6) is -0.172. The van der Waals surface area contributed by atoms with Crippen LogP contribution in [0.1, 0.15) is 39.2 Å². The Morgan fingerprint density at radius 2 is 1.84 bits per heavy atom. The quantitative estimate of drug-likeness (QED) is 0.783. The number of nitrogens with zero attached hydrogens (tertiary/aromatic N) is 1. The van der Waals surface area contributed by atoms with Gasteiger partial charge in [-0.05, 0) is 57.0 Å². The zero-order valence-corrected chi connectivity index (χ0v) is 12.5. The summed E-state index contributed by atoms with van der Waals surface area (Å²) >= 11 is 0. The first kappa shape index (κ1) is 16.1. The van der Waals surface area contributed by atoms with Crippen LogP contribution >= 0.6 is 0 Å². The zero-order valence-electron chi connectivity index (χ0n) is 12.5. The minimum absolute atomic E-state index is 0.0974. The monoisotopic (exact) mass is 266 g/mol. The second kappa shape index (κ2) is 7.61. The fraction of sp³-hybridized carbons (Fsp3) is 0.625. The van der Waals surface area contributed by atoms with Crippen LogP contribution in [0.2, 0.25) is 0 Å². The van der Waals surface area contributed by atoms with Gasteiger partial charge in [0.05, 0.1) is 0 Å². The fourth-order valence-corrected chi connectivity index (χ4v) is 2.59.